The number of hydrogen-bond acceptors (Lipinski definition) is 2. The van der Waals surface area contributed by atoms with Crippen LogP contribution in [0, 0.1) is 13.8 Å². The summed E-state index contributed by atoms with van der Waals surface area (Å²) in [5.74, 6) is 0.372. The molecule has 2 N–H and O–H groups in total. The average Bonchev–Trinajstić information content (AvgIpc) is 2.66. The molecule has 0 bridgehead atoms. The van der Waals surface area contributed by atoms with Crippen molar-refractivity contribution in [2.45, 2.75) is 13.8 Å². The molecule has 0 atom stereocenters. The van der Waals surface area contributed by atoms with E-state index in [0.717, 1.165) is 22.3 Å². The van der Waals surface area contributed by atoms with E-state index in [0.29, 0.717) is 5.75 Å². The molecule has 0 aliphatic heterocycles. The van der Waals surface area contributed by atoms with E-state index in [1.165, 1.54) is 0 Å². The monoisotopic (exact) mass is 188 g/mol. The van der Waals surface area contributed by atoms with Crippen LogP contribution in [-0.4, -0.2) is 15.3 Å². The summed E-state index contributed by atoms with van der Waals surface area (Å²) in [6.07, 6.45) is 3.61. The van der Waals surface area contributed by atoms with Gasteiger partial charge in [-0.3, -0.25) is 5.10 Å². The topological polar surface area (TPSA) is 48.9 Å². The molecule has 0 saturated carbocycles. The normalized spacial score (nSPS) is 10.4. The van der Waals surface area contributed by atoms with E-state index in [1.807, 2.05) is 32.2 Å². The molecule has 0 radical (unpaired) electrons. The quantitative estimate of drug-likeness (QED) is 0.722. The first-order chi connectivity index (χ1) is 6.68. The molecule has 3 nitrogen and oxygen atoms in total. The zero-order valence-electron chi connectivity index (χ0n) is 8.20. The molecular weight excluding hydrogens is 176 g/mol. The molecular formula is C11H12N2O. The number of benzene rings is 1. The highest BCUT2D eigenvalue weighted by molar-refractivity contribution is 5.65. The number of aromatic hydroxyl groups is 1. The van der Waals surface area contributed by atoms with Crippen molar-refractivity contribution in [3.05, 3.63) is 35.7 Å². The van der Waals surface area contributed by atoms with Gasteiger partial charge in [-0.25, -0.2) is 0 Å². The Morgan fingerprint density at radius 1 is 1.14 bits per heavy atom. The standard InChI is InChI=1S/C11H12N2O/c1-7-3-9(4-8(2)11(7)14)10-5-12-13-6-10/h3-6,14H,1-2H3,(H,12,13). The summed E-state index contributed by atoms with van der Waals surface area (Å²) >= 11 is 0. The number of aromatic nitrogens is 2. The van der Waals surface area contributed by atoms with Crippen LogP contribution in [0.15, 0.2) is 24.5 Å². The maximum Gasteiger partial charge on any atom is 0.121 e. The minimum absolute atomic E-state index is 0.372. The Morgan fingerprint density at radius 2 is 1.79 bits per heavy atom. The van der Waals surface area contributed by atoms with Crippen molar-refractivity contribution in [3.63, 3.8) is 0 Å². The lowest BCUT2D eigenvalue weighted by Gasteiger charge is -2.05. The number of hydrogen-bond donors (Lipinski definition) is 2. The zero-order valence-corrected chi connectivity index (χ0v) is 8.20. The van der Waals surface area contributed by atoms with Crippen molar-refractivity contribution in [2.75, 3.05) is 0 Å². The molecule has 0 aliphatic carbocycles. The third-order valence-electron chi connectivity index (χ3n) is 2.32. The summed E-state index contributed by atoms with van der Waals surface area (Å²) in [6, 6.07) is 3.90. The highest BCUT2D eigenvalue weighted by Gasteiger charge is 2.05. The molecule has 0 spiro atoms. The second kappa shape index (κ2) is 3.18. The van der Waals surface area contributed by atoms with Gasteiger partial charge in [-0.1, -0.05) is 0 Å². The third kappa shape index (κ3) is 1.37. The molecule has 1 heterocycles. The van der Waals surface area contributed by atoms with Crippen LogP contribution in [-0.2, 0) is 0 Å². The van der Waals surface area contributed by atoms with Crippen molar-refractivity contribution in [3.8, 4) is 16.9 Å². The van der Waals surface area contributed by atoms with Crippen LogP contribution in [0.2, 0.25) is 0 Å². The van der Waals surface area contributed by atoms with E-state index in [-0.39, 0.29) is 0 Å². The van der Waals surface area contributed by atoms with Gasteiger partial charge in [0.25, 0.3) is 0 Å². The summed E-state index contributed by atoms with van der Waals surface area (Å²) in [6.45, 7) is 3.79. The van der Waals surface area contributed by atoms with Gasteiger partial charge in [-0.15, -0.1) is 0 Å². The number of nitrogens with one attached hydrogen (secondary N) is 1. The smallest absolute Gasteiger partial charge is 0.121 e. The molecule has 1 aromatic heterocycles. The van der Waals surface area contributed by atoms with Crippen molar-refractivity contribution in [2.24, 2.45) is 0 Å². The van der Waals surface area contributed by atoms with E-state index in [4.69, 9.17) is 0 Å². The number of aryl methyl sites for hydroxylation is 2. The summed E-state index contributed by atoms with van der Waals surface area (Å²) in [7, 11) is 0. The lowest BCUT2D eigenvalue weighted by Crippen LogP contribution is -1.83. The van der Waals surface area contributed by atoms with E-state index in [9.17, 15) is 5.11 Å². The number of nitrogens with zero attached hydrogens (tertiary/aromatic N) is 1. The second-order valence-electron chi connectivity index (χ2n) is 3.45. The van der Waals surface area contributed by atoms with Crippen LogP contribution in [0.1, 0.15) is 11.1 Å². The average molecular weight is 188 g/mol. The molecule has 14 heavy (non-hydrogen) atoms. The molecule has 0 saturated heterocycles. The Morgan fingerprint density at radius 3 is 2.29 bits per heavy atom. The largest absolute Gasteiger partial charge is 0.507 e. The van der Waals surface area contributed by atoms with E-state index < -0.39 is 0 Å². The minimum Gasteiger partial charge on any atom is -0.507 e. The van der Waals surface area contributed by atoms with Crippen LogP contribution < -0.4 is 0 Å². The van der Waals surface area contributed by atoms with Gasteiger partial charge in [-0.2, -0.15) is 5.10 Å². The van der Waals surface area contributed by atoms with Gasteiger partial charge >= 0.3 is 0 Å². The third-order valence-corrected chi connectivity index (χ3v) is 2.32. The van der Waals surface area contributed by atoms with Crippen LogP contribution in [0.3, 0.4) is 0 Å². The molecule has 0 amide bonds. The Balaban J connectivity index is 2.57. The molecule has 2 aromatic rings. The number of H-pyrrole nitrogens is 1. The van der Waals surface area contributed by atoms with Crippen LogP contribution >= 0.6 is 0 Å². The predicted octanol–water partition coefficient (Wildman–Crippen LogP) is 2.40. The number of phenols is 1. The minimum atomic E-state index is 0.372. The SMILES string of the molecule is Cc1cc(-c2cn[nH]c2)cc(C)c1O. The van der Waals surface area contributed by atoms with Gasteiger partial charge in [0.15, 0.2) is 0 Å². The number of phenolic OH excluding ortho intramolecular Hbond substituents is 1. The van der Waals surface area contributed by atoms with Gasteiger partial charge in [0.05, 0.1) is 6.20 Å². The number of aromatic amines is 1. The van der Waals surface area contributed by atoms with Gasteiger partial charge in [0.1, 0.15) is 5.75 Å². The van der Waals surface area contributed by atoms with Crippen LogP contribution in [0.25, 0.3) is 11.1 Å². The molecule has 0 unspecified atom stereocenters. The molecule has 72 valence electrons. The highest BCUT2D eigenvalue weighted by Crippen LogP contribution is 2.28. The fourth-order valence-electron chi connectivity index (χ4n) is 1.53. The second-order valence-corrected chi connectivity index (χ2v) is 3.45. The summed E-state index contributed by atoms with van der Waals surface area (Å²) in [5, 5.41) is 16.3. The van der Waals surface area contributed by atoms with Crippen LogP contribution in [0.5, 0.6) is 5.75 Å². The molecule has 0 aliphatic rings. The van der Waals surface area contributed by atoms with Gasteiger partial charge in [0, 0.05) is 11.8 Å². The molecule has 0 fully saturated rings. The van der Waals surface area contributed by atoms with Gasteiger partial charge in [0.2, 0.25) is 0 Å². The Labute approximate surface area is 82.4 Å². The van der Waals surface area contributed by atoms with Crippen LogP contribution in [0.4, 0.5) is 0 Å². The molecule has 3 heteroatoms. The van der Waals surface area contributed by atoms with Gasteiger partial charge < -0.3 is 5.11 Å². The van der Waals surface area contributed by atoms with Crippen molar-refractivity contribution >= 4 is 0 Å². The lowest BCUT2D eigenvalue weighted by atomic mass is 10.0. The molecule has 1 aromatic carbocycles. The number of rotatable bonds is 1. The van der Waals surface area contributed by atoms with Crippen molar-refractivity contribution in [1.82, 2.24) is 10.2 Å². The van der Waals surface area contributed by atoms with Crippen molar-refractivity contribution < 1.29 is 5.11 Å². The van der Waals surface area contributed by atoms with Gasteiger partial charge in [-0.05, 0) is 42.7 Å². The summed E-state index contributed by atoms with van der Waals surface area (Å²) in [5.41, 5.74) is 3.89. The van der Waals surface area contributed by atoms with E-state index >= 15 is 0 Å². The predicted molar refractivity (Wildman–Crippen MR) is 55.2 cm³/mol. The maximum absolute atomic E-state index is 9.60. The zero-order chi connectivity index (χ0) is 10.1. The Bertz CT molecular complexity index is 423. The van der Waals surface area contributed by atoms with E-state index in [1.54, 1.807) is 6.20 Å². The van der Waals surface area contributed by atoms with Crippen molar-refractivity contribution in [1.29, 1.82) is 0 Å². The molecule has 2 rings (SSSR count). The summed E-state index contributed by atoms with van der Waals surface area (Å²) < 4.78 is 0. The Kier molecular flexibility index (Phi) is 2.00. The lowest BCUT2D eigenvalue weighted by molar-refractivity contribution is 0.467. The van der Waals surface area contributed by atoms with E-state index in [2.05, 4.69) is 10.2 Å². The fourth-order valence-corrected chi connectivity index (χ4v) is 1.53. The highest BCUT2D eigenvalue weighted by atomic mass is 16.3. The Hall–Kier alpha value is -1.77. The maximum atomic E-state index is 9.60. The first-order valence-electron chi connectivity index (χ1n) is 4.48. The fraction of sp³-hybridized carbons (Fsp3) is 0.182. The first-order valence-corrected chi connectivity index (χ1v) is 4.48. The first kappa shape index (κ1) is 8.81. The summed E-state index contributed by atoms with van der Waals surface area (Å²) in [4.78, 5) is 0.